The van der Waals surface area contributed by atoms with E-state index in [1.165, 1.54) is 17.2 Å². The van der Waals surface area contributed by atoms with E-state index in [1.54, 1.807) is 0 Å². The second kappa shape index (κ2) is 5.74. The van der Waals surface area contributed by atoms with Crippen molar-refractivity contribution in [2.45, 2.75) is 25.8 Å². The molecule has 1 aliphatic rings. The van der Waals surface area contributed by atoms with Crippen LogP contribution in [0.25, 0.3) is 11.1 Å². The van der Waals surface area contributed by atoms with Crippen molar-refractivity contribution in [1.82, 2.24) is 5.32 Å². The lowest BCUT2D eigenvalue weighted by atomic mass is 9.96. The normalized spacial score (nSPS) is 17.0. The number of benzene rings is 2. The van der Waals surface area contributed by atoms with Crippen molar-refractivity contribution in [3.8, 4) is 11.1 Å². The summed E-state index contributed by atoms with van der Waals surface area (Å²) in [6.45, 7) is 2.98. The number of fused-ring (bicyclic) bond motifs is 1. The van der Waals surface area contributed by atoms with Gasteiger partial charge in [-0.3, -0.25) is 0 Å². The van der Waals surface area contributed by atoms with Crippen molar-refractivity contribution in [1.29, 1.82) is 0 Å². The molecule has 0 radical (unpaired) electrons. The highest BCUT2D eigenvalue weighted by molar-refractivity contribution is 6.33. The molecule has 0 bridgehead atoms. The van der Waals surface area contributed by atoms with E-state index in [1.807, 2.05) is 12.1 Å². The third kappa shape index (κ3) is 2.56. The molecule has 1 unspecified atom stereocenters. The first-order chi connectivity index (χ1) is 10.1. The van der Waals surface area contributed by atoms with Gasteiger partial charge in [-0.1, -0.05) is 36.7 Å². The zero-order valence-electron chi connectivity index (χ0n) is 11.7. The van der Waals surface area contributed by atoms with E-state index in [4.69, 9.17) is 11.6 Å². The molecule has 1 N–H and O–H groups in total. The number of halogens is 3. The van der Waals surface area contributed by atoms with Gasteiger partial charge in [0, 0.05) is 11.6 Å². The van der Waals surface area contributed by atoms with Gasteiger partial charge < -0.3 is 5.32 Å². The minimum atomic E-state index is -0.915. The minimum absolute atomic E-state index is 0.245. The van der Waals surface area contributed by atoms with Gasteiger partial charge in [-0.2, -0.15) is 0 Å². The molecule has 0 saturated heterocycles. The van der Waals surface area contributed by atoms with E-state index in [9.17, 15) is 8.78 Å². The van der Waals surface area contributed by atoms with Crippen molar-refractivity contribution in [2.24, 2.45) is 0 Å². The van der Waals surface area contributed by atoms with Crippen molar-refractivity contribution in [2.75, 3.05) is 6.54 Å². The lowest BCUT2D eigenvalue weighted by molar-refractivity contribution is 0.509. The molecule has 0 heterocycles. The first-order valence-corrected chi connectivity index (χ1v) is 7.49. The molecule has 1 aliphatic carbocycles. The van der Waals surface area contributed by atoms with Crippen LogP contribution in [0.2, 0.25) is 5.02 Å². The van der Waals surface area contributed by atoms with Crippen LogP contribution in [0.3, 0.4) is 0 Å². The summed E-state index contributed by atoms with van der Waals surface area (Å²) in [5.74, 6) is -1.78. The SMILES string of the molecule is CCNC1CCc2c(-c3cc(F)c(F)cc3Cl)cccc21. The summed E-state index contributed by atoms with van der Waals surface area (Å²) in [6.07, 6.45) is 1.93. The molecule has 1 atom stereocenters. The molecule has 1 nitrogen and oxygen atoms in total. The Hall–Kier alpha value is -1.45. The quantitative estimate of drug-likeness (QED) is 0.797. The van der Waals surface area contributed by atoms with Crippen molar-refractivity contribution in [3.63, 3.8) is 0 Å². The molecule has 3 rings (SSSR count). The minimum Gasteiger partial charge on any atom is -0.310 e. The van der Waals surface area contributed by atoms with Crippen molar-refractivity contribution in [3.05, 3.63) is 58.1 Å². The second-order valence-electron chi connectivity index (χ2n) is 5.27. The van der Waals surface area contributed by atoms with Crippen LogP contribution in [0.15, 0.2) is 30.3 Å². The van der Waals surface area contributed by atoms with Crippen LogP contribution in [-0.4, -0.2) is 6.54 Å². The van der Waals surface area contributed by atoms with Crippen LogP contribution < -0.4 is 5.32 Å². The van der Waals surface area contributed by atoms with Crippen LogP contribution in [0.4, 0.5) is 8.78 Å². The van der Waals surface area contributed by atoms with Gasteiger partial charge in [0.2, 0.25) is 0 Å². The van der Waals surface area contributed by atoms with Crippen LogP contribution in [0, 0.1) is 11.6 Å². The maximum Gasteiger partial charge on any atom is 0.160 e. The molecule has 0 aromatic heterocycles. The van der Waals surface area contributed by atoms with Gasteiger partial charge >= 0.3 is 0 Å². The Kier molecular flexibility index (Phi) is 3.96. The van der Waals surface area contributed by atoms with Crippen molar-refractivity contribution < 1.29 is 8.78 Å². The number of nitrogens with one attached hydrogen (secondary N) is 1. The molecule has 0 saturated carbocycles. The fourth-order valence-electron chi connectivity index (χ4n) is 3.09. The fourth-order valence-corrected chi connectivity index (χ4v) is 3.35. The smallest absolute Gasteiger partial charge is 0.160 e. The van der Waals surface area contributed by atoms with Gasteiger partial charge in [0.05, 0.1) is 5.02 Å². The summed E-state index contributed by atoms with van der Waals surface area (Å²) in [7, 11) is 0. The summed E-state index contributed by atoms with van der Waals surface area (Å²) < 4.78 is 26.8. The van der Waals surface area contributed by atoms with Gasteiger partial charge in [0.1, 0.15) is 0 Å². The van der Waals surface area contributed by atoms with E-state index >= 15 is 0 Å². The van der Waals surface area contributed by atoms with Crippen LogP contribution in [0.5, 0.6) is 0 Å². The number of hydrogen-bond donors (Lipinski definition) is 1. The summed E-state index contributed by atoms with van der Waals surface area (Å²) in [6, 6.07) is 8.52. The Morgan fingerprint density at radius 3 is 2.71 bits per heavy atom. The van der Waals surface area contributed by atoms with E-state index < -0.39 is 11.6 Å². The summed E-state index contributed by atoms with van der Waals surface area (Å²) in [4.78, 5) is 0. The summed E-state index contributed by atoms with van der Waals surface area (Å²) in [5, 5.41) is 3.69. The molecule has 2 aromatic carbocycles. The average molecular weight is 308 g/mol. The highest BCUT2D eigenvalue weighted by Crippen LogP contribution is 2.40. The van der Waals surface area contributed by atoms with Crippen LogP contribution in [0.1, 0.15) is 30.5 Å². The predicted molar refractivity (Wildman–Crippen MR) is 81.5 cm³/mol. The highest BCUT2D eigenvalue weighted by Gasteiger charge is 2.25. The van der Waals surface area contributed by atoms with Crippen LogP contribution in [-0.2, 0) is 6.42 Å². The Labute approximate surface area is 127 Å². The zero-order valence-corrected chi connectivity index (χ0v) is 12.5. The Bertz CT molecular complexity index is 685. The van der Waals surface area contributed by atoms with E-state index in [0.717, 1.165) is 31.0 Å². The average Bonchev–Trinajstić information content (AvgIpc) is 2.87. The van der Waals surface area contributed by atoms with E-state index in [0.29, 0.717) is 11.6 Å². The fraction of sp³-hybridized carbons (Fsp3) is 0.294. The number of rotatable bonds is 3. The second-order valence-corrected chi connectivity index (χ2v) is 5.68. The zero-order chi connectivity index (χ0) is 15.0. The Morgan fingerprint density at radius 2 is 1.95 bits per heavy atom. The molecule has 2 aromatic rings. The molecule has 0 aliphatic heterocycles. The predicted octanol–water partition coefficient (Wildman–Crippen LogP) is 4.88. The lowest BCUT2D eigenvalue weighted by Gasteiger charge is -2.14. The van der Waals surface area contributed by atoms with Gasteiger partial charge in [-0.15, -0.1) is 0 Å². The molecular formula is C17H16ClF2N. The topological polar surface area (TPSA) is 12.0 Å². The van der Waals surface area contributed by atoms with Crippen LogP contribution >= 0.6 is 11.6 Å². The third-order valence-electron chi connectivity index (χ3n) is 4.02. The molecule has 0 fully saturated rings. The third-order valence-corrected chi connectivity index (χ3v) is 4.33. The van der Waals surface area contributed by atoms with E-state index in [-0.39, 0.29) is 5.02 Å². The largest absolute Gasteiger partial charge is 0.310 e. The first kappa shape index (κ1) is 14.5. The number of hydrogen-bond acceptors (Lipinski definition) is 1. The summed E-state index contributed by atoms with van der Waals surface area (Å²) >= 11 is 6.11. The van der Waals surface area contributed by atoms with Crippen molar-refractivity contribution >= 4 is 11.6 Å². The first-order valence-electron chi connectivity index (χ1n) is 7.12. The maximum absolute atomic E-state index is 13.5. The molecular weight excluding hydrogens is 292 g/mol. The lowest BCUT2D eigenvalue weighted by Crippen LogP contribution is -2.18. The van der Waals surface area contributed by atoms with E-state index in [2.05, 4.69) is 18.3 Å². The summed E-state index contributed by atoms with van der Waals surface area (Å²) in [5.41, 5.74) is 3.87. The maximum atomic E-state index is 13.5. The molecule has 4 heteroatoms. The van der Waals surface area contributed by atoms with Gasteiger partial charge in [-0.25, -0.2) is 8.78 Å². The molecule has 0 spiro atoms. The standard InChI is InChI=1S/C17H16ClF2N/c1-2-21-17-7-6-11-10(4-3-5-12(11)17)13-8-15(19)16(20)9-14(13)18/h3-5,8-9,17,21H,2,6-7H2,1H3. The molecule has 110 valence electrons. The van der Waals surface area contributed by atoms with Gasteiger partial charge in [0.25, 0.3) is 0 Å². The molecule has 21 heavy (non-hydrogen) atoms. The Balaban J connectivity index is 2.11. The molecule has 0 amide bonds. The Morgan fingerprint density at radius 1 is 1.19 bits per heavy atom. The van der Waals surface area contributed by atoms with Gasteiger partial charge in [-0.05, 0) is 48.2 Å². The highest BCUT2D eigenvalue weighted by atomic mass is 35.5. The monoisotopic (exact) mass is 307 g/mol. The van der Waals surface area contributed by atoms with Gasteiger partial charge in [0.15, 0.2) is 11.6 Å².